The van der Waals surface area contributed by atoms with E-state index in [1.165, 1.54) is 0 Å². The number of urea groups is 1. The van der Waals surface area contributed by atoms with Gasteiger partial charge in [-0.15, -0.1) is 0 Å². The Labute approximate surface area is 78.3 Å². The van der Waals surface area contributed by atoms with Crippen LogP contribution in [0.4, 0.5) is 10.5 Å². The van der Waals surface area contributed by atoms with Gasteiger partial charge in [0.05, 0.1) is 15.9 Å². The number of rotatable bonds is 1. The van der Waals surface area contributed by atoms with Crippen molar-refractivity contribution in [3.63, 3.8) is 0 Å². The molecule has 0 atom stereocenters. The molecule has 0 aromatic carbocycles. The minimum Gasteiger partial charge on any atom is -0.351 e. The van der Waals surface area contributed by atoms with E-state index in [0.29, 0.717) is 5.69 Å². The number of hydrogen-bond acceptors (Lipinski definition) is 2. The van der Waals surface area contributed by atoms with Crippen LogP contribution in [0.15, 0.2) is 16.7 Å². The van der Waals surface area contributed by atoms with E-state index in [-0.39, 0.29) is 0 Å². The monoisotopic (exact) mass is 229 g/mol. The maximum atomic E-state index is 10.5. The first-order valence-corrected chi connectivity index (χ1v) is 4.08. The first kappa shape index (κ1) is 8.99. The van der Waals surface area contributed by atoms with Crippen LogP contribution in [0, 0.1) is 6.92 Å². The molecule has 2 amide bonds. The highest BCUT2D eigenvalue weighted by molar-refractivity contribution is 9.10. The Hall–Kier alpha value is -1.10. The van der Waals surface area contributed by atoms with Gasteiger partial charge in [-0.05, 0) is 28.9 Å². The highest BCUT2D eigenvalue weighted by Crippen LogP contribution is 2.23. The zero-order chi connectivity index (χ0) is 9.14. The first-order valence-electron chi connectivity index (χ1n) is 3.29. The summed E-state index contributed by atoms with van der Waals surface area (Å²) in [7, 11) is 0. The molecule has 3 N–H and O–H groups in total. The fourth-order valence-electron chi connectivity index (χ4n) is 0.778. The third kappa shape index (κ3) is 1.94. The maximum Gasteiger partial charge on any atom is 0.316 e. The topological polar surface area (TPSA) is 68.0 Å². The normalized spacial score (nSPS) is 9.50. The number of hydrogen-bond donors (Lipinski definition) is 2. The van der Waals surface area contributed by atoms with Crippen molar-refractivity contribution >= 4 is 27.6 Å². The summed E-state index contributed by atoms with van der Waals surface area (Å²) in [5.74, 6) is 0. The lowest BCUT2D eigenvalue weighted by Gasteiger charge is -2.05. The molecule has 1 heterocycles. The molecule has 4 nitrogen and oxygen atoms in total. The van der Waals surface area contributed by atoms with Crippen LogP contribution in [-0.4, -0.2) is 11.0 Å². The Balaban J connectivity index is 3.00. The Morgan fingerprint density at radius 1 is 1.75 bits per heavy atom. The van der Waals surface area contributed by atoms with Crippen molar-refractivity contribution in [3.8, 4) is 0 Å². The lowest BCUT2D eigenvalue weighted by atomic mass is 10.3. The van der Waals surface area contributed by atoms with Crippen molar-refractivity contribution in [3.05, 3.63) is 22.4 Å². The molecular formula is C7H8BrN3O. The number of primary amides is 1. The maximum absolute atomic E-state index is 10.5. The van der Waals surface area contributed by atoms with E-state index in [2.05, 4.69) is 26.2 Å². The van der Waals surface area contributed by atoms with Crippen LogP contribution < -0.4 is 11.1 Å². The molecule has 5 heteroatoms. The number of nitrogens with zero attached hydrogens (tertiary/aromatic N) is 1. The lowest BCUT2D eigenvalue weighted by molar-refractivity contribution is 0.259. The molecule has 1 rings (SSSR count). The molecule has 0 fully saturated rings. The summed E-state index contributed by atoms with van der Waals surface area (Å²) in [6.45, 7) is 1.83. The molecule has 0 spiro atoms. The second-order valence-corrected chi connectivity index (χ2v) is 3.04. The van der Waals surface area contributed by atoms with Gasteiger partial charge in [0.2, 0.25) is 0 Å². The van der Waals surface area contributed by atoms with Crippen LogP contribution in [0.3, 0.4) is 0 Å². The van der Waals surface area contributed by atoms with Gasteiger partial charge in [-0.2, -0.15) is 0 Å². The van der Waals surface area contributed by atoms with E-state index in [4.69, 9.17) is 5.73 Å². The van der Waals surface area contributed by atoms with Gasteiger partial charge in [0, 0.05) is 6.20 Å². The number of nitrogens with one attached hydrogen (secondary N) is 1. The molecule has 0 unspecified atom stereocenters. The number of carbonyl (C=O) groups excluding carboxylic acids is 1. The van der Waals surface area contributed by atoms with Crippen LogP contribution in [0.2, 0.25) is 0 Å². The van der Waals surface area contributed by atoms with Gasteiger partial charge in [0.1, 0.15) is 0 Å². The second-order valence-electron chi connectivity index (χ2n) is 2.25. The number of nitrogens with two attached hydrogens (primary N) is 1. The predicted octanol–water partition coefficient (Wildman–Crippen LogP) is 1.64. The summed E-state index contributed by atoms with van der Waals surface area (Å²) in [4.78, 5) is 14.5. The highest BCUT2D eigenvalue weighted by atomic mass is 79.9. The Bertz CT molecular complexity index is 314. The largest absolute Gasteiger partial charge is 0.351 e. The molecule has 0 radical (unpaired) electrons. The molecule has 0 saturated heterocycles. The number of anilines is 1. The molecule has 0 aliphatic carbocycles. The zero-order valence-electron chi connectivity index (χ0n) is 6.47. The van der Waals surface area contributed by atoms with Crippen LogP contribution in [0.25, 0.3) is 0 Å². The first-order chi connectivity index (χ1) is 5.61. The molecule has 0 aliphatic rings. The summed E-state index contributed by atoms with van der Waals surface area (Å²) < 4.78 is 0.754. The number of carbonyl (C=O) groups is 1. The summed E-state index contributed by atoms with van der Waals surface area (Å²) in [6, 6.07) is 1.09. The van der Waals surface area contributed by atoms with Gasteiger partial charge in [-0.1, -0.05) is 0 Å². The number of pyridine rings is 1. The average molecular weight is 230 g/mol. The smallest absolute Gasteiger partial charge is 0.316 e. The van der Waals surface area contributed by atoms with Gasteiger partial charge in [-0.25, -0.2) is 4.79 Å². The van der Waals surface area contributed by atoms with Crippen molar-refractivity contribution in [1.29, 1.82) is 0 Å². The van der Waals surface area contributed by atoms with E-state index in [1.54, 1.807) is 12.3 Å². The fraction of sp³-hybridized carbons (Fsp3) is 0.143. The Kier molecular flexibility index (Phi) is 2.65. The summed E-state index contributed by atoms with van der Waals surface area (Å²) in [5, 5.41) is 2.47. The van der Waals surface area contributed by atoms with Crippen LogP contribution in [0.5, 0.6) is 0 Å². The van der Waals surface area contributed by atoms with Gasteiger partial charge in [0.25, 0.3) is 0 Å². The van der Waals surface area contributed by atoms with E-state index in [9.17, 15) is 4.79 Å². The minimum atomic E-state index is -0.582. The van der Waals surface area contributed by atoms with E-state index in [1.807, 2.05) is 6.92 Å². The van der Waals surface area contributed by atoms with Crippen molar-refractivity contribution < 1.29 is 4.79 Å². The van der Waals surface area contributed by atoms with Crippen LogP contribution in [-0.2, 0) is 0 Å². The summed E-state index contributed by atoms with van der Waals surface area (Å²) >= 11 is 3.28. The van der Waals surface area contributed by atoms with Gasteiger partial charge in [0.15, 0.2) is 0 Å². The van der Waals surface area contributed by atoms with Gasteiger partial charge in [-0.3, -0.25) is 4.98 Å². The molecule has 12 heavy (non-hydrogen) atoms. The third-order valence-electron chi connectivity index (χ3n) is 1.32. The van der Waals surface area contributed by atoms with Crippen molar-refractivity contribution in [2.24, 2.45) is 5.73 Å². The Morgan fingerprint density at radius 2 is 2.42 bits per heavy atom. The summed E-state index contributed by atoms with van der Waals surface area (Å²) in [5.41, 5.74) is 6.39. The number of halogens is 1. The fourth-order valence-corrected chi connectivity index (χ4v) is 1.11. The second kappa shape index (κ2) is 3.53. The lowest BCUT2D eigenvalue weighted by Crippen LogP contribution is -2.19. The number of amides is 2. The van der Waals surface area contributed by atoms with Crippen LogP contribution in [0.1, 0.15) is 5.69 Å². The number of aromatic nitrogens is 1. The van der Waals surface area contributed by atoms with Crippen LogP contribution >= 0.6 is 15.9 Å². The highest BCUT2D eigenvalue weighted by Gasteiger charge is 2.03. The summed E-state index contributed by atoms with van der Waals surface area (Å²) in [6.07, 6.45) is 1.60. The standard InChI is InChI=1S/C7H8BrN3O/c1-4-6(8)5(2-3-10-4)11-7(9)12/h2-3H,1H3,(H3,9,10,11,12). The SMILES string of the molecule is Cc1nccc(NC(N)=O)c1Br. The van der Waals surface area contributed by atoms with Crippen molar-refractivity contribution in [2.45, 2.75) is 6.92 Å². The zero-order valence-corrected chi connectivity index (χ0v) is 8.05. The molecule has 0 aliphatic heterocycles. The van der Waals surface area contributed by atoms with Gasteiger partial charge < -0.3 is 11.1 Å². The molecule has 0 saturated carbocycles. The molecule has 1 aromatic rings. The van der Waals surface area contributed by atoms with E-state index < -0.39 is 6.03 Å². The predicted molar refractivity (Wildman–Crippen MR) is 49.9 cm³/mol. The third-order valence-corrected chi connectivity index (χ3v) is 2.32. The van der Waals surface area contributed by atoms with Gasteiger partial charge >= 0.3 is 6.03 Å². The minimum absolute atomic E-state index is 0.582. The number of aryl methyl sites for hydroxylation is 1. The van der Waals surface area contributed by atoms with Crippen molar-refractivity contribution in [1.82, 2.24) is 4.98 Å². The van der Waals surface area contributed by atoms with E-state index in [0.717, 1.165) is 10.2 Å². The average Bonchev–Trinajstić information content (AvgIpc) is 1.98. The molecule has 0 bridgehead atoms. The molecular weight excluding hydrogens is 222 g/mol. The molecule has 1 aromatic heterocycles. The van der Waals surface area contributed by atoms with E-state index >= 15 is 0 Å². The molecule has 64 valence electrons. The Morgan fingerprint density at radius 3 is 3.00 bits per heavy atom. The van der Waals surface area contributed by atoms with Crippen molar-refractivity contribution in [2.75, 3.05) is 5.32 Å². The quantitative estimate of drug-likeness (QED) is 0.769.